The zero-order valence-corrected chi connectivity index (χ0v) is 22.7. The van der Waals surface area contributed by atoms with Crippen LogP contribution in [0.5, 0.6) is 11.5 Å². The molecule has 0 saturated carbocycles. The third-order valence-corrected chi connectivity index (χ3v) is 8.41. The molecular formula is C25H26F5N5O5S. The average molecular weight is 604 g/mol. The first-order chi connectivity index (χ1) is 19.1. The number of likely N-dealkylation sites (N-methyl/N-ethyl adjacent to an activating group) is 1. The normalized spacial score (nSPS) is 19.8. The molecular weight excluding hydrogens is 577 g/mol. The van der Waals surface area contributed by atoms with E-state index in [4.69, 9.17) is 0 Å². The van der Waals surface area contributed by atoms with Crippen molar-refractivity contribution < 1.29 is 44.6 Å². The van der Waals surface area contributed by atoms with Gasteiger partial charge in [-0.3, -0.25) is 4.79 Å². The molecule has 1 amide bonds. The summed E-state index contributed by atoms with van der Waals surface area (Å²) in [5.74, 6) is -2.48. The Morgan fingerprint density at radius 2 is 1.90 bits per heavy atom. The number of ether oxygens (including phenoxy) is 2. The van der Waals surface area contributed by atoms with Crippen LogP contribution in [-0.2, 0) is 22.7 Å². The lowest BCUT2D eigenvalue weighted by molar-refractivity contribution is -0.287. The van der Waals surface area contributed by atoms with E-state index in [-0.39, 0.29) is 46.2 Å². The summed E-state index contributed by atoms with van der Waals surface area (Å²) in [6.07, 6.45) is -7.20. The van der Waals surface area contributed by atoms with E-state index >= 15 is 0 Å². The van der Waals surface area contributed by atoms with E-state index in [1.807, 2.05) is 11.9 Å². The lowest BCUT2D eigenvalue weighted by Gasteiger charge is -2.25. The van der Waals surface area contributed by atoms with Gasteiger partial charge in [-0.15, -0.1) is 8.78 Å². The second-order valence-corrected chi connectivity index (χ2v) is 11.9. The number of imidazole rings is 1. The number of fused-ring (bicyclic) bond motifs is 2. The minimum Gasteiger partial charge on any atom is -0.395 e. The number of rotatable bonds is 6. The number of hydrogen-bond acceptors (Lipinski definition) is 7. The first kappa shape index (κ1) is 29.0. The highest BCUT2D eigenvalue weighted by Gasteiger charge is 2.45. The molecule has 2 aromatic carbocycles. The molecule has 41 heavy (non-hydrogen) atoms. The molecule has 1 fully saturated rings. The van der Waals surface area contributed by atoms with Crippen LogP contribution in [0.15, 0.2) is 36.4 Å². The second-order valence-electron chi connectivity index (χ2n) is 9.93. The van der Waals surface area contributed by atoms with Gasteiger partial charge in [-0.1, -0.05) is 12.1 Å². The average Bonchev–Trinajstić information content (AvgIpc) is 3.33. The molecule has 1 N–H and O–H groups in total. The van der Waals surface area contributed by atoms with Crippen molar-refractivity contribution in [3.8, 4) is 11.5 Å². The smallest absolute Gasteiger partial charge is 0.395 e. The standard InChI is InChI=1S/C25H26F5N5O5S/c1-33-10-11-34(41(2,37)38)9-8-17(33)13-31-22(36)15-6-7-19-18(12-15)32-23(24(26,27)28)35(19)14-16-4-3-5-20-21(16)40-25(29,30)39-20/h3-7,12,17H,8-11,13-14H2,1-2H3,(H,31,36). The summed E-state index contributed by atoms with van der Waals surface area (Å²) in [7, 11) is -1.53. The van der Waals surface area contributed by atoms with Crippen LogP contribution in [0.2, 0.25) is 0 Å². The third-order valence-electron chi connectivity index (χ3n) is 7.11. The molecule has 222 valence electrons. The van der Waals surface area contributed by atoms with E-state index in [0.717, 1.165) is 10.8 Å². The largest absolute Gasteiger partial charge is 0.586 e. The van der Waals surface area contributed by atoms with Crippen LogP contribution >= 0.6 is 0 Å². The van der Waals surface area contributed by atoms with Crippen molar-refractivity contribution in [2.24, 2.45) is 0 Å². The van der Waals surface area contributed by atoms with Crippen molar-refractivity contribution in [2.75, 3.05) is 39.5 Å². The predicted molar refractivity (Wildman–Crippen MR) is 136 cm³/mol. The summed E-state index contributed by atoms with van der Waals surface area (Å²) >= 11 is 0. The Labute approximate surface area is 231 Å². The molecule has 3 heterocycles. The lowest BCUT2D eigenvalue weighted by Crippen LogP contribution is -2.42. The number of nitrogens with zero attached hydrogens (tertiary/aromatic N) is 4. The molecule has 1 saturated heterocycles. The van der Waals surface area contributed by atoms with Gasteiger partial charge in [0.2, 0.25) is 15.8 Å². The fourth-order valence-corrected chi connectivity index (χ4v) is 5.80. The van der Waals surface area contributed by atoms with Crippen LogP contribution in [-0.4, -0.2) is 84.9 Å². The van der Waals surface area contributed by atoms with Crippen LogP contribution < -0.4 is 14.8 Å². The van der Waals surface area contributed by atoms with Gasteiger partial charge < -0.3 is 24.3 Å². The number of amides is 1. The summed E-state index contributed by atoms with van der Waals surface area (Å²) in [5.41, 5.74) is 0.00657. The fourth-order valence-electron chi connectivity index (χ4n) is 4.95. The Bertz CT molecular complexity index is 1590. The third kappa shape index (κ3) is 6.08. The molecule has 2 aliphatic rings. The molecule has 0 spiro atoms. The maximum Gasteiger partial charge on any atom is 0.586 e. The lowest BCUT2D eigenvalue weighted by atomic mass is 10.1. The minimum absolute atomic E-state index is 0.0215. The highest BCUT2D eigenvalue weighted by Crippen LogP contribution is 2.44. The van der Waals surface area contributed by atoms with Crippen molar-refractivity contribution >= 4 is 27.0 Å². The zero-order valence-electron chi connectivity index (χ0n) is 21.9. The number of sulfonamides is 1. The van der Waals surface area contributed by atoms with E-state index in [1.165, 1.54) is 40.7 Å². The Kier molecular flexibility index (Phi) is 7.36. The summed E-state index contributed by atoms with van der Waals surface area (Å²) < 4.78 is 104. The Hall–Kier alpha value is -3.50. The summed E-state index contributed by atoms with van der Waals surface area (Å²) in [6, 6.07) is 7.65. The molecule has 16 heteroatoms. The SMILES string of the molecule is CN1CCN(S(C)(=O)=O)CCC1CNC(=O)c1ccc2c(c1)nc(C(F)(F)F)n2Cc1cccc2c1OC(F)(F)O2. The van der Waals surface area contributed by atoms with Crippen molar-refractivity contribution in [3.63, 3.8) is 0 Å². The summed E-state index contributed by atoms with van der Waals surface area (Å²) in [4.78, 5) is 18.6. The quantitative estimate of drug-likeness (QED) is 0.432. The molecule has 1 aromatic heterocycles. The van der Waals surface area contributed by atoms with Gasteiger partial charge in [-0.05, 0) is 37.7 Å². The van der Waals surface area contributed by atoms with Gasteiger partial charge in [0.25, 0.3) is 5.91 Å². The molecule has 3 aromatic rings. The Balaban J connectivity index is 1.37. The number of alkyl halides is 5. The van der Waals surface area contributed by atoms with Crippen molar-refractivity contribution in [1.29, 1.82) is 0 Å². The number of benzene rings is 2. The first-order valence-electron chi connectivity index (χ1n) is 12.5. The van der Waals surface area contributed by atoms with Gasteiger partial charge in [0.05, 0.1) is 23.8 Å². The molecule has 0 bridgehead atoms. The Morgan fingerprint density at radius 3 is 2.61 bits per heavy atom. The Morgan fingerprint density at radius 1 is 1.15 bits per heavy atom. The first-order valence-corrected chi connectivity index (χ1v) is 14.4. The molecule has 10 nitrogen and oxygen atoms in total. The summed E-state index contributed by atoms with van der Waals surface area (Å²) in [5, 5.41) is 2.77. The molecule has 2 aliphatic heterocycles. The number of aromatic nitrogens is 2. The highest BCUT2D eigenvalue weighted by molar-refractivity contribution is 7.88. The van der Waals surface area contributed by atoms with Crippen LogP contribution in [0.3, 0.4) is 0 Å². The van der Waals surface area contributed by atoms with Crippen LogP contribution in [0, 0.1) is 0 Å². The number of hydrogen-bond donors (Lipinski definition) is 1. The van der Waals surface area contributed by atoms with Crippen LogP contribution in [0.4, 0.5) is 22.0 Å². The number of nitrogens with one attached hydrogen (secondary N) is 1. The highest BCUT2D eigenvalue weighted by atomic mass is 32.2. The van der Waals surface area contributed by atoms with Gasteiger partial charge in [0.15, 0.2) is 11.5 Å². The monoisotopic (exact) mass is 603 g/mol. The van der Waals surface area contributed by atoms with Gasteiger partial charge in [-0.25, -0.2) is 17.7 Å². The van der Waals surface area contributed by atoms with E-state index in [0.29, 0.717) is 26.1 Å². The van der Waals surface area contributed by atoms with Gasteiger partial charge in [0.1, 0.15) is 0 Å². The van der Waals surface area contributed by atoms with Gasteiger partial charge in [0, 0.05) is 43.3 Å². The topological polar surface area (TPSA) is 106 Å². The van der Waals surface area contributed by atoms with Crippen molar-refractivity contribution in [2.45, 2.75) is 31.5 Å². The predicted octanol–water partition coefficient (Wildman–Crippen LogP) is 3.12. The molecule has 1 atom stereocenters. The van der Waals surface area contributed by atoms with Gasteiger partial charge in [-0.2, -0.15) is 13.2 Å². The maximum atomic E-state index is 14.0. The number of carbonyl (C=O) groups is 1. The van der Waals surface area contributed by atoms with E-state index < -0.39 is 40.8 Å². The van der Waals surface area contributed by atoms with Crippen molar-refractivity contribution in [3.05, 3.63) is 53.3 Å². The van der Waals surface area contributed by atoms with E-state index in [2.05, 4.69) is 19.8 Å². The molecule has 5 rings (SSSR count). The second kappa shape index (κ2) is 10.4. The maximum absolute atomic E-state index is 14.0. The number of carbonyl (C=O) groups excluding carboxylic acids is 1. The zero-order chi connectivity index (χ0) is 29.7. The molecule has 0 radical (unpaired) electrons. The van der Waals surface area contributed by atoms with Crippen molar-refractivity contribution in [1.82, 2.24) is 24.1 Å². The van der Waals surface area contributed by atoms with E-state index in [1.54, 1.807) is 0 Å². The fraction of sp³-hybridized carbons (Fsp3) is 0.440. The number of halogens is 5. The molecule has 0 aliphatic carbocycles. The molecule has 1 unspecified atom stereocenters. The summed E-state index contributed by atoms with van der Waals surface area (Å²) in [6.45, 7) is 0.786. The van der Waals surface area contributed by atoms with E-state index in [9.17, 15) is 35.2 Å². The van der Waals surface area contributed by atoms with Crippen LogP contribution in [0.25, 0.3) is 11.0 Å². The number of para-hydroxylation sites is 1. The minimum atomic E-state index is -4.88. The van der Waals surface area contributed by atoms with Crippen LogP contribution in [0.1, 0.15) is 28.2 Å². The van der Waals surface area contributed by atoms with Gasteiger partial charge >= 0.3 is 12.5 Å².